The predicted molar refractivity (Wildman–Crippen MR) is 99.7 cm³/mol. The topological polar surface area (TPSA) is 71.3 Å². The van der Waals surface area contributed by atoms with E-state index in [2.05, 4.69) is 15.5 Å². The maximum Gasteiger partial charge on any atom is 0.240 e. The lowest BCUT2D eigenvalue weighted by Gasteiger charge is -2.19. The van der Waals surface area contributed by atoms with Crippen LogP contribution < -0.4 is 5.32 Å². The Bertz CT molecular complexity index is 803. The fourth-order valence-corrected chi connectivity index (χ4v) is 4.21. The Kier molecular flexibility index (Phi) is 5.72. The van der Waals surface area contributed by atoms with Gasteiger partial charge >= 0.3 is 0 Å². The molecule has 0 fully saturated rings. The summed E-state index contributed by atoms with van der Waals surface area (Å²) in [6.07, 6.45) is 1.63. The molecule has 0 bridgehead atoms. The summed E-state index contributed by atoms with van der Waals surface area (Å²) in [5, 5.41) is 11.9. The SMILES string of the molecule is CN(C)C(=O)[C@@H](Sc1nnc(NCc2ccco2)s1)c1ccccc1. The van der Waals surface area contributed by atoms with Crippen LogP contribution in [0, 0.1) is 0 Å². The summed E-state index contributed by atoms with van der Waals surface area (Å²) < 4.78 is 6.02. The van der Waals surface area contributed by atoms with E-state index in [4.69, 9.17) is 4.42 Å². The van der Waals surface area contributed by atoms with Crippen molar-refractivity contribution in [2.45, 2.75) is 16.1 Å². The van der Waals surface area contributed by atoms with Crippen LogP contribution in [-0.4, -0.2) is 35.1 Å². The number of anilines is 1. The summed E-state index contributed by atoms with van der Waals surface area (Å²) in [6, 6.07) is 13.4. The van der Waals surface area contributed by atoms with Crippen LogP contribution in [0.4, 0.5) is 5.13 Å². The highest BCUT2D eigenvalue weighted by atomic mass is 32.2. The van der Waals surface area contributed by atoms with E-state index in [1.54, 1.807) is 25.3 Å². The molecule has 0 aliphatic carbocycles. The molecule has 0 saturated heterocycles. The van der Waals surface area contributed by atoms with Crippen LogP contribution in [0.5, 0.6) is 0 Å². The number of nitrogens with one attached hydrogen (secondary N) is 1. The molecule has 0 spiro atoms. The van der Waals surface area contributed by atoms with Crippen LogP contribution in [0.15, 0.2) is 57.5 Å². The van der Waals surface area contributed by atoms with Gasteiger partial charge in [-0.25, -0.2) is 0 Å². The number of nitrogens with zero attached hydrogens (tertiary/aromatic N) is 3. The van der Waals surface area contributed by atoms with Crippen molar-refractivity contribution < 1.29 is 9.21 Å². The number of benzene rings is 1. The Hall–Kier alpha value is -2.32. The molecule has 0 aliphatic rings. The van der Waals surface area contributed by atoms with Gasteiger partial charge in [-0.2, -0.15) is 0 Å². The fraction of sp³-hybridized carbons (Fsp3) is 0.235. The van der Waals surface area contributed by atoms with E-state index in [1.807, 2.05) is 42.5 Å². The van der Waals surface area contributed by atoms with Gasteiger partial charge in [0.15, 0.2) is 4.34 Å². The van der Waals surface area contributed by atoms with Gasteiger partial charge in [-0.05, 0) is 17.7 Å². The zero-order chi connectivity index (χ0) is 17.6. The molecule has 8 heteroatoms. The Morgan fingerprint density at radius 1 is 1.24 bits per heavy atom. The lowest BCUT2D eigenvalue weighted by atomic mass is 10.1. The molecular formula is C17H18N4O2S2. The molecular weight excluding hydrogens is 356 g/mol. The first kappa shape index (κ1) is 17.5. The van der Waals surface area contributed by atoms with Crippen molar-refractivity contribution in [3.63, 3.8) is 0 Å². The van der Waals surface area contributed by atoms with E-state index >= 15 is 0 Å². The van der Waals surface area contributed by atoms with E-state index < -0.39 is 0 Å². The standard InChI is InChI=1S/C17H18N4O2S2/c1-21(2)15(22)14(12-7-4-3-5-8-12)24-17-20-19-16(25-17)18-11-13-9-6-10-23-13/h3-10,14H,11H2,1-2H3,(H,18,19)/t14-/m0/s1. The van der Waals surface area contributed by atoms with Crippen molar-refractivity contribution in [1.29, 1.82) is 0 Å². The Balaban J connectivity index is 1.70. The average molecular weight is 374 g/mol. The molecule has 0 unspecified atom stereocenters. The van der Waals surface area contributed by atoms with Gasteiger partial charge in [0.05, 0.1) is 12.8 Å². The van der Waals surface area contributed by atoms with Gasteiger partial charge in [-0.15, -0.1) is 10.2 Å². The molecule has 6 nitrogen and oxygen atoms in total. The molecule has 2 aromatic heterocycles. The first-order valence-corrected chi connectivity index (χ1v) is 9.35. The van der Waals surface area contributed by atoms with Crippen molar-refractivity contribution in [1.82, 2.24) is 15.1 Å². The Morgan fingerprint density at radius 2 is 2.04 bits per heavy atom. The number of carbonyl (C=O) groups excluding carboxylic acids is 1. The number of aromatic nitrogens is 2. The Morgan fingerprint density at radius 3 is 2.72 bits per heavy atom. The molecule has 130 valence electrons. The number of hydrogen-bond acceptors (Lipinski definition) is 7. The van der Waals surface area contributed by atoms with Gasteiger partial charge in [-0.3, -0.25) is 4.79 Å². The molecule has 0 saturated carbocycles. The monoisotopic (exact) mass is 374 g/mol. The fourth-order valence-electron chi connectivity index (χ4n) is 2.13. The van der Waals surface area contributed by atoms with Gasteiger partial charge in [-0.1, -0.05) is 53.4 Å². The molecule has 1 atom stereocenters. The number of amides is 1. The maximum absolute atomic E-state index is 12.6. The van der Waals surface area contributed by atoms with Crippen molar-refractivity contribution in [2.75, 3.05) is 19.4 Å². The van der Waals surface area contributed by atoms with Gasteiger partial charge in [0.1, 0.15) is 11.0 Å². The molecule has 0 aliphatic heterocycles. The molecule has 1 aromatic carbocycles. The number of carbonyl (C=O) groups is 1. The third-order valence-electron chi connectivity index (χ3n) is 3.39. The molecule has 2 heterocycles. The summed E-state index contributed by atoms with van der Waals surface area (Å²) in [4.78, 5) is 14.2. The van der Waals surface area contributed by atoms with E-state index in [9.17, 15) is 4.79 Å². The Labute approximate surface area is 154 Å². The number of hydrogen-bond donors (Lipinski definition) is 1. The van der Waals surface area contributed by atoms with Crippen LogP contribution in [0.2, 0.25) is 0 Å². The lowest BCUT2D eigenvalue weighted by molar-refractivity contribution is -0.128. The third kappa shape index (κ3) is 4.61. The van der Waals surface area contributed by atoms with Crippen LogP contribution in [0.25, 0.3) is 0 Å². The highest BCUT2D eigenvalue weighted by molar-refractivity contribution is 8.01. The smallest absolute Gasteiger partial charge is 0.240 e. The summed E-state index contributed by atoms with van der Waals surface area (Å²) >= 11 is 2.84. The van der Waals surface area contributed by atoms with Crippen molar-refractivity contribution in [3.8, 4) is 0 Å². The number of rotatable bonds is 7. The van der Waals surface area contributed by atoms with E-state index in [1.165, 1.54) is 23.1 Å². The summed E-state index contributed by atoms with van der Waals surface area (Å²) in [5.41, 5.74) is 0.950. The summed E-state index contributed by atoms with van der Waals surface area (Å²) in [5.74, 6) is 0.853. The van der Waals surface area contributed by atoms with Crippen LogP contribution in [-0.2, 0) is 11.3 Å². The van der Waals surface area contributed by atoms with Gasteiger partial charge in [0, 0.05) is 14.1 Å². The third-order valence-corrected chi connectivity index (χ3v) is 5.59. The van der Waals surface area contributed by atoms with Crippen LogP contribution in [0.3, 0.4) is 0 Å². The molecule has 1 amide bonds. The van der Waals surface area contributed by atoms with Crippen molar-refractivity contribution in [3.05, 3.63) is 60.1 Å². The van der Waals surface area contributed by atoms with Gasteiger partial charge in [0.25, 0.3) is 0 Å². The quantitative estimate of drug-likeness (QED) is 0.636. The first-order chi connectivity index (χ1) is 12.1. The minimum atomic E-state index is -0.345. The van der Waals surface area contributed by atoms with Crippen molar-refractivity contribution >= 4 is 34.1 Å². The van der Waals surface area contributed by atoms with Crippen LogP contribution in [0.1, 0.15) is 16.6 Å². The zero-order valence-electron chi connectivity index (χ0n) is 13.9. The second kappa shape index (κ2) is 8.17. The molecule has 3 rings (SSSR count). The summed E-state index contributed by atoms with van der Waals surface area (Å²) in [6.45, 7) is 0.547. The second-order valence-corrected chi connectivity index (χ2v) is 7.78. The van der Waals surface area contributed by atoms with Crippen molar-refractivity contribution in [2.24, 2.45) is 0 Å². The normalized spacial score (nSPS) is 11.9. The number of furan rings is 1. The van der Waals surface area contributed by atoms with Gasteiger partial charge < -0.3 is 14.6 Å². The average Bonchev–Trinajstić information content (AvgIpc) is 3.29. The van der Waals surface area contributed by atoms with Gasteiger partial charge in [0.2, 0.25) is 11.0 Å². The maximum atomic E-state index is 12.6. The van der Waals surface area contributed by atoms with E-state index in [0.717, 1.165) is 15.7 Å². The minimum absolute atomic E-state index is 0.0245. The zero-order valence-corrected chi connectivity index (χ0v) is 15.5. The first-order valence-electron chi connectivity index (χ1n) is 7.66. The van der Waals surface area contributed by atoms with E-state index in [0.29, 0.717) is 11.7 Å². The predicted octanol–water partition coefficient (Wildman–Crippen LogP) is 3.66. The molecule has 1 N–H and O–H groups in total. The number of thioether (sulfide) groups is 1. The largest absolute Gasteiger partial charge is 0.467 e. The second-order valence-electron chi connectivity index (χ2n) is 5.45. The highest BCUT2D eigenvalue weighted by Crippen LogP contribution is 2.38. The summed E-state index contributed by atoms with van der Waals surface area (Å²) in [7, 11) is 3.52. The minimum Gasteiger partial charge on any atom is -0.467 e. The molecule has 0 radical (unpaired) electrons. The highest BCUT2D eigenvalue weighted by Gasteiger charge is 2.25. The van der Waals surface area contributed by atoms with E-state index in [-0.39, 0.29) is 11.2 Å². The number of likely N-dealkylation sites (N-methyl/N-ethyl adjacent to an activating group) is 1. The molecule has 3 aromatic rings. The lowest BCUT2D eigenvalue weighted by Crippen LogP contribution is -2.26. The molecule has 25 heavy (non-hydrogen) atoms. The van der Waals surface area contributed by atoms with Crippen LogP contribution >= 0.6 is 23.1 Å².